The number of ether oxygens (including phenoxy) is 1. The number of fused-ring (bicyclic) bond motifs is 7. The van der Waals surface area contributed by atoms with Crippen LogP contribution in [-0.4, -0.2) is 65.8 Å². The van der Waals surface area contributed by atoms with Crippen molar-refractivity contribution >= 4 is 5.91 Å². The second-order valence-corrected chi connectivity index (χ2v) is 12.7. The Balaban J connectivity index is 1.04. The van der Waals surface area contributed by atoms with Crippen molar-refractivity contribution in [1.82, 2.24) is 25.3 Å². The maximum Gasteiger partial charge on any atom is 0.273 e. The van der Waals surface area contributed by atoms with Crippen molar-refractivity contribution in [3.8, 4) is 5.75 Å². The Kier molecular flexibility index (Phi) is 6.67. The van der Waals surface area contributed by atoms with Gasteiger partial charge in [-0.2, -0.15) is 5.10 Å². The summed E-state index contributed by atoms with van der Waals surface area (Å²) in [6.45, 7) is 7.67. The lowest BCUT2D eigenvalue weighted by molar-refractivity contribution is 0.0880. The lowest BCUT2D eigenvalue weighted by Crippen LogP contribution is -2.48. The molecule has 0 bridgehead atoms. The molecule has 7 rings (SSSR count). The lowest BCUT2D eigenvalue weighted by atomic mass is 9.55. The van der Waals surface area contributed by atoms with E-state index in [-0.39, 0.29) is 11.3 Å². The molecular weight excluding hydrogens is 498 g/mol. The number of aryl methyl sites for hydroxylation is 1. The highest BCUT2D eigenvalue weighted by atomic mass is 16.5. The van der Waals surface area contributed by atoms with Gasteiger partial charge in [0.1, 0.15) is 12.4 Å². The number of rotatable bonds is 6. The summed E-state index contributed by atoms with van der Waals surface area (Å²) < 4.78 is 6.16. The van der Waals surface area contributed by atoms with Crippen molar-refractivity contribution in [3.05, 3.63) is 82.2 Å². The summed E-state index contributed by atoms with van der Waals surface area (Å²) in [5.74, 6) is 2.69. The molecule has 3 aliphatic carbocycles. The van der Waals surface area contributed by atoms with Crippen LogP contribution in [-0.2, 0) is 24.9 Å². The molecular formula is C33H41N5O2. The van der Waals surface area contributed by atoms with E-state index in [9.17, 15) is 4.79 Å². The van der Waals surface area contributed by atoms with Crippen LogP contribution in [0.25, 0.3) is 0 Å². The summed E-state index contributed by atoms with van der Waals surface area (Å²) >= 11 is 0. The van der Waals surface area contributed by atoms with Gasteiger partial charge in [0.15, 0.2) is 5.69 Å². The first-order valence-electron chi connectivity index (χ1n) is 15.1. The molecule has 3 aromatic rings. The molecule has 0 radical (unpaired) electrons. The molecule has 2 N–H and O–H groups in total. The maximum atomic E-state index is 13.3. The molecule has 7 heteroatoms. The van der Waals surface area contributed by atoms with Gasteiger partial charge in [0.2, 0.25) is 0 Å². The van der Waals surface area contributed by atoms with E-state index in [1.54, 1.807) is 0 Å². The van der Waals surface area contributed by atoms with Gasteiger partial charge in [-0.3, -0.25) is 14.8 Å². The Morgan fingerprint density at radius 2 is 1.95 bits per heavy atom. The van der Waals surface area contributed by atoms with E-state index >= 15 is 0 Å². The predicted octanol–water partition coefficient (Wildman–Crippen LogP) is 4.49. The molecule has 1 amide bonds. The van der Waals surface area contributed by atoms with Crippen molar-refractivity contribution in [3.63, 3.8) is 0 Å². The topological polar surface area (TPSA) is 73.5 Å². The number of hydrogen-bond acceptors (Lipinski definition) is 5. The minimum absolute atomic E-state index is 0.0350. The van der Waals surface area contributed by atoms with Crippen LogP contribution < -0.4 is 10.1 Å². The normalized spacial score (nSPS) is 27.8. The number of H-pyrrole nitrogens is 1. The molecule has 4 atom stereocenters. The number of likely N-dealkylation sites (N-methyl/N-ethyl adjacent to an activating group) is 1. The minimum Gasteiger partial charge on any atom is -0.489 e. The highest BCUT2D eigenvalue weighted by molar-refractivity contribution is 5.94. The zero-order chi connectivity index (χ0) is 27.3. The number of aromatic nitrogens is 2. The summed E-state index contributed by atoms with van der Waals surface area (Å²) in [7, 11) is 2.15. The van der Waals surface area contributed by atoms with Crippen LogP contribution in [0.1, 0.15) is 70.5 Å². The summed E-state index contributed by atoms with van der Waals surface area (Å²) in [5, 5.41) is 11.1. The number of aromatic amines is 1. The van der Waals surface area contributed by atoms with Crippen LogP contribution in [0.5, 0.6) is 5.75 Å². The second-order valence-electron chi connectivity index (χ2n) is 12.7. The maximum absolute atomic E-state index is 13.3. The molecule has 0 spiro atoms. The first kappa shape index (κ1) is 25.8. The van der Waals surface area contributed by atoms with Crippen LogP contribution in [0.2, 0.25) is 0 Å². The zero-order valence-electron chi connectivity index (χ0n) is 23.8. The van der Waals surface area contributed by atoms with Gasteiger partial charge in [-0.25, -0.2) is 0 Å². The lowest BCUT2D eigenvalue weighted by Gasteiger charge is -2.49. The fraction of sp³-hybridized carbons (Fsp3) is 0.515. The molecule has 2 heterocycles. The smallest absolute Gasteiger partial charge is 0.273 e. The van der Waals surface area contributed by atoms with E-state index < -0.39 is 0 Å². The quantitative estimate of drug-likeness (QED) is 0.483. The monoisotopic (exact) mass is 539 g/mol. The van der Waals surface area contributed by atoms with Gasteiger partial charge < -0.3 is 15.0 Å². The molecule has 1 saturated heterocycles. The molecule has 2 aromatic carbocycles. The van der Waals surface area contributed by atoms with E-state index in [1.807, 2.05) is 6.07 Å². The van der Waals surface area contributed by atoms with Gasteiger partial charge in [0.25, 0.3) is 5.91 Å². The SMILES string of the molecule is CN1CCN(CNC(=O)c2n[nH]c3c2C[C@H]2[C@@H]4CCc5cc(OCc6ccccc6)ccc5[C@H]4CC[C@]32C)CC1. The fourth-order valence-electron chi connectivity index (χ4n) is 8.11. The van der Waals surface area contributed by atoms with E-state index in [1.165, 1.54) is 40.8 Å². The number of nitrogens with one attached hydrogen (secondary N) is 2. The Hall–Kier alpha value is -3.16. The molecule has 0 unspecified atom stereocenters. The van der Waals surface area contributed by atoms with Crippen LogP contribution in [0.3, 0.4) is 0 Å². The average Bonchev–Trinajstić information content (AvgIpc) is 3.54. The van der Waals surface area contributed by atoms with Crippen LogP contribution >= 0.6 is 0 Å². The number of carbonyl (C=O) groups excluding carboxylic acids is 1. The van der Waals surface area contributed by atoms with Crippen molar-refractivity contribution < 1.29 is 9.53 Å². The van der Waals surface area contributed by atoms with Crippen molar-refractivity contribution in [1.29, 1.82) is 0 Å². The van der Waals surface area contributed by atoms with E-state index in [4.69, 9.17) is 4.74 Å². The standard InChI is InChI=1S/C33H41N5O2/c1-33-13-12-26-25-11-9-24(40-20-22-6-4-3-5-7-22)18-23(25)8-10-27(26)29(33)19-28-30(35-36-31(28)33)32(39)34-21-38-16-14-37(2)15-17-38/h3-7,9,11,18,26-27,29H,8,10,12-17,19-21H2,1-2H3,(H,34,39)(H,35,36)/t26-,27-,29+,33+/m1/s1. The summed E-state index contributed by atoms with van der Waals surface area (Å²) in [5.41, 5.74) is 7.23. The van der Waals surface area contributed by atoms with E-state index in [0.717, 1.165) is 51.2 Å². The number of hydrogen-bond donors (Lipinski definition) is 2. The van der Waals surface area contributed by atoms with Gasteiger partial charge in [-0.05, 0) is 85.7 Å². The third-order valence-electron chi connectivity index (χ3n) is 10.5. The molecule has 1 aliphatic heterocycles. The van der Waals surface area contributed by atoms with Crippen LogP contribution in [0.4, 0.5) is 0 Å². The fourth-order valence-corrected chi connectivity index (χ4v) is 8.11. The van der Waals surface area contributed by atoms with Gasteiger partial charge >= 0.3 is 0 Å². The molecule has 210 valence electrons. The Morgan fingerprint density at radius 3 is 2.77 bits per heavy atom. The van der Waals surface area contributed by atoms with Crippen molar-refractivity contribution in [2.24, 2.45) is 11.8 Å². The highest BCUT2D eigenvalue weighted by Crippen LogP contribution is 2.60. The molecule has 1 aromatic heterocycles. The number of carbonyl (C=O) groups is 1. The number of benzene rings is 2. The van der Waals surface area contributed by atoms with Gasteiger partial charge in [0.05, 0.1) is 6.67 Å². The Morgan fingerprint density at radius 1 is 1.12 bits per heavy atom. The number of piperazine rings is 1. The number of nitrogens with zero attached hydrogens (tertiary/aromatic N) is 3. The summed E-state index contributed by atoms with van der Waals surface area (Å²) in [4.78, 5) is 17.9. The first-order chi connectivity index (χ1) is 19.5. The summed E-state index contributed by atoms with van der Waals surface area (Å²) in [6.07, 6.45) is 5.55. The second kappa shape index (κ2) is 10.3. The average molecular weight is 540 g/mol. The largest absolute Gasteiger partial charge is 0.489 e. The van der Waals surface area contributed by atoms with E-state index in [2.05, 4.69) is 81.7 Å². The minimum atomic E-state index is -0.0350. The van der Waals surface area contributed by atoms with Crippen molar-refractivity contribution in [2.75, 3.05) is 39.9 Å². The molecule has 2 fully saturated rings. The Bertz CT molecular complexity index is 1380. The van der Waals surface area contributed by atoms with Crippen molar-refractivity contribution in [2.45, 2.75) is 57.0 Å². The molecule has 7 nitrogen and oxygen atoms in total. The molecule has 1 saturated carbocycles. The number of amides is 1. The van der Waals surface area contributed by atoms with Crippen LogP contribution in [0, 0.1) is 11.8 Å². The van der Waals surface area contributed by atoms with Gasteiger partial charge in [-0.1, -0.05) is 43.3 Å². The third kappa shape index (κ3) is 4.53. The van der Waals surface area contributed by atoms with Crippen LogP contribution in [0.15, 0.2) is 48.5 Å². The third-order valence-corrected chi connectivity index (χ3v) is 10.5. The zero-order valence-corrected chi connectivity index (χ0v) is 23.8. The first-order valence-corrected chi connectivity index (χ1v) is 15.1. The summed E-state index contributed by atoms with van der Waals surface area (Å²) in [6, 6.07) is 17.2. The molecule has 4 aliphatic rings. The molecule has 40 heavy (non-hydrogen) atoms. The predicted molar refractivity (Wildman–Crippen MR) is 156 cm³/mol. The highest BCUT2D eigenvalue weighted by Gasteiger charge is 2.54. The van der Waals surface area contributed by atoms with E-state index in [0.29, 0.717) is 36.7 Å². The van der Waals surface area contributed by atoms with Gasteiger partial charge in [-0.15, -0.1) is 0 Å². The Labute approximate surface area is 237 Å². The van der Waals surface area contributed by atoms with Gasteiger partial charge in [0, 0.05) is 42.9 Å².